The van der Waals surface area contributed by atoms with Crippen LogP contribution in [-0.2, 0) is 28.5 Å². The highest BCUT2D eigenvalue weighted by atomic mass is 19.4. The van der Waals surface area contributed by atoms with Gasteiger partial charge in [-0.25, -0.2) is 4.39 Å². The minimum atomic E-state index is -5.02. The molecule has 0 bridgehead atoms. The minimum absolute atomic E-state index is 0.0204. The van der Waals surface area contributed by atoms with E-state index in [0.29, 0.717) is 23.3 Å². The first-order chi connectivity index (χ1) is 17.1. The fraction of sp³-hybridized carbons (Fsp3) is 0.440. The van der Waals surface area contributed by atoms with E-state index in [9.17, 15) is 45.4 Å². The molecule has 5 nitrogen and oxygen atoms in total. The van der Waals surface area contributed by atoms with Crippen LogP contribution in [0.2, 0.25) is 0 Å². The van der Waals surface area contributed by atoms with Gasteiger partial charge < -0.3 is 14.9 Å². The summed E-state index contributed by atoms with van der Waals surface area (Å²) in [4.78, 5) is 27.9. The molecule has 2 atom stereocenters. The van der Waals surface area contributed by atoms with Gasteiger partial charge in [0.2, 0.25) is 11.8 Å². The van der Waals surface area contributed by atoms with Crippen LogP contribution in [0.5, 0.6) is 0 Å². The van der Waals surface area contributed by atoms with Crippen LogP contribution in [0, 0.1) is 18.7 Å². The summed E-state index contributed by atoms with van der Waals surface area (Å²) in [7, 11) is 1.27. The smallest absolute Gasteiger partial charge is 0.387 e. The van der Waals surface area contributed by atoms with E-state index < -0.39 is 66.1 Å². The van der Waals surface area contributed by atoms with Crippen molar-refractivity contribution in [3.05, 3.63) is 70.0 Å². The quantitative estimate of drug-likeness (QED) is 0.564. The van der Waals surface area contributed by atoms with Gasteiger partial charge in [-0.05, 0) is 60.4 Å². The van der Waals surface area contributed by atoms with Crippen LogP contribution < -0.4 is 0 Å². The lowest BCUT2D eigenvalue weighted by molar-refractivity contribution is -0.143. The maximum atomic E-state index is 13.7. The highest BCUT2D eigenvalue weighted by molar-refractivity contribution is 5.81. The first kappa shape index (κ1) is 28.4. The summed E-state index contributed by atoms with van der Waals surface area (Å²) < 4.78 is 93.1. The van der Waals surface area contributed by atoms with Gasteiger partial charge in [0.05, 0.1) is 11.1 Å². The molecule has 0 radical (unpaired) electrons. The number of aliphatic hydroxyl groups excluding tert-OH is 1. The number of hydrogen-bond donors (Lipinski definition) is 1. The molecule has 2 aromatic rings. The van der Waals surface area contributed by atoms with Crippen molar-refractivity contribution in [3.8, 4) is 0 Å². The van der Waals surface area contributed by atoms with Crippen molar-refractivity contribution in [1.29, 1.82) is 0 Å². The molecule has 2 amide bonds. The highest BCUT2D eigenvalue weighted by Gasteiger charge is 2.40. The first-order valence-electron chi connectivity index (χ1n) is 11.3. The Balaban J connectivity index is 1.92. The largest absolute Gasteiger partial charge is 0.416 e. The number of hydrogen-bond acceptors (Lipinski definition) is 3. The summed E-state index contributed by atoms with van der Waals surface area (Å²) in [6.45, 7) is 0.499. The summed E-state index contributed by atoms with van der Waals surface area (Å²) >= 11 is 0. The summed E-state index contributed by atoms with van der Waals surface area (Å²) in [5.41, 5.74) is -2.22. The Morgan fingerprint density at radius 3 is 2.14 bits per heavy atom. The third-order valence-electron chi connectivity index (χ3n) is 6.49. The Labute approximate surface area is 208 Å². The van der Waals surface area contributed by atoms with Gasteiger partial charge in [0.1, 0.15) is 12.4 Å². The standard InChI is InChI=1S/C25H25F7N2O3/c1-14-7-18(26)3-4-19(14)21-12-34(22(36)13-35)6-5-20(21)23(37)33(2)11-15-8-16(24(27,28)29)10-17(9-15)25(30,31)32/h3-4,7-10,20-21,35H,5-6,11-13H2,1-2H3/t20-,21+/m1/s1. The van der Waals surface area contributed by atoms with E-state index in [4.69, 9.17) is 0 Å². The van der Waals surface area contributed by atoms with Crippen molar-refractivity contribution in [2.45, 2.75) is 38.2 Å². The van der Waals surface area contributed by atoms with E-state index in [1.165, 1.54) is 30.1 Å². The van der Waals surface area contributed by atoms with Gasteiger partial charge in [-0.15, -0.1) is 0 Å². The fourth-order valence-corrected chi connectivity index (χ4v) is 4.69. The number of aliphatic hydroxyl groups is 1. The van der Waals surface area contributed by atoms with Crippen molar-refractivity contribution < 1.29 is 45.4 Å². The number of alkyl halides is 6. The average Bonchev–Trinajstić information content (AvgIpc) is 2.81. The Bertz CT molecular complexity index is 1130. The molecule has 1 heterocycles. The third-order valence-corrected chi connectivity index (χ3v) is 6.49. The minimum Gasteiger partial charge on any atom is -0.387 e. The van der Waals surface area contributed by atoms with Crippen LogP contribution in [0.3, 0.4) is 0 Å². The molecule has 2 aromatic carbocycles. The number of piperidine rings is 1. The van der Waals surface area contributed by atoms with E-state index >= 15 is 0 Å². The van der Waals surface area contributed by atoms with Crippen molar-refractivity contribution in [3.63, 3.8) is 0 Å². The fourth-order valence-electron chi connectivity index (χ4n) is 4.69. The predicted molar refractivity (Wildman–Crippen MR) is 119 cm³/mol. The molecule has 0 aliphatic carbocycles. The van der Waals surface area contributed by atoms with E-state index in [1.807, 2.05) is 0 Å². The van der Waals surface area contributed by atoms with Crippen LogP contribution in [0.1, 0.15) is 40.2 Å². The maximum Gasteiger partial charge on any atom is 0.416 e. The number of nitrogens with zero attached hydrogens (tertiary/aromatic N) is 2. The number of aryl methyl sites for hydroxylation is 1. The number of halogens is 7. The van der Waals surface area contributed by atoms with Crippen LogP contribution in [0.25, 0.3) is 0 Å². The summed E-state index contributed by atoms with van der Waals surface area (Å²) in [6, 6.07) is 5.10. The number of likely N-dealkylation sites (tertiary alicyclic amines) is 1. The molecule has 12 heteroatoms. The van der Waals surface area contributed by atoms with Gasteiger partial charge in [0.25, 0.3) is 0 Å². The summed E-state index contributed by atoms with van der Waals surface area (Å²) in [5, 5.41) is 9.25. The number of rotatable bonds is 5. The lowest BCUT2D eigenvalue weighted by Crippen LogP contribution is -2.48. The topological polar surface area (TPSA) is 60.9 Å². The van der Waals surface area contributed by atoms with E-state index in [2.05, 4.69) is 0 Å². The summed E-state index contributed by atoms with van der Waals surface area (Å²) in [5.74, 6) is -3.04. The average molecular weight is 534 g/mol. The molecule has 1 aliphatic heterocycles. The number of amides is 2. The van der Waals surface area contributed by atoms with Crippen LogP contribution in [0.15, 0.2) is 36.4 Å². The van der Waals surface area contributed by atoms with Crippen molar-refractivity contribution >= 4 is 11.8 Å². The number of carbonyl (C=O) groups excluding carboxylic acids is 2. The lowest BCUT2D eigenvalue weighted by atomic mass is 9.78. The molecule has 1 N–H and O–H groups in total. The zero-order valence-electron chi connectivity index (χ0n) is 20.0. The monoisotopic (exact) mass is 534 g/mol. The van der Waals surface area contributed by atoms with Crippen LogP contribution >= 0.6 is 0 Å². The van der Waals surface area contributed by atoms with Crippen LogP contribution in [0.4, 0.5) is 30.7 Å². The second-order valence-corrected chi connectivity index (χ2v) is 9.11. The second kappa shape index (κ2) is 10.7. The SMILES string of the molecule is Cc1cc(F)ccc1[C@@H]1CN(C(=O)CO)CC[C@H]1C(=O)N(C)Cc1cc(C(F)(F)F)cc(C(F)(F)F)c1. The zero-order chi connectivity index (χ0) is 27.7. The van der Waals surface area contributed by atoms with Gasteiger partial charge in [0.15, 0.2) is 0 Å². The Morgan fingerprint density at radius 1 is 1.03 bits per heavy atom. The van der Waals surface area contributed by atoms with Gasteiger partial charge in [-0.3, -0.25) is 9.59 Å². The Kier molecular flexibility index (Phi) is 8.21. The van der Waals surface area contributed by atoms with Crippen molar-refractivity contribution in [1.82, 2.24) is 9.80 Å². The van der Waals surface area contributed by atoms with E-state index in [0.717, 1.165) is 4.90 Å². The molecule has 37 heavy (non-hydrogen) atoms. The van der Waals surface area contributed by atoms with Gasteiger partial charge in [-0.1, -0.05) is 6.07 Å². The molecule has 3 rings (SSSR count). The third kappa shape index (κ3) is 6.60. The lowest BCUT2D eigenvalue weighted by Gasteiger charge is -2.40. The van der Waals surface area contributed by atoms with Gasteiger partial charge in [0, 0.05) is 38.5 Å². The molecule has 0 unspecified atom stereocenters. The Morgan fingerprint density at radius 2 is 1.62 bits per heavy atom. The van der Waals surface area contributed by atoms with Gasteiger partial charge >= 0.3 is 12.4 Å². The Hall–Kier alpha value is -3.15. The molecule has 1 aliphatic rings. The molecule has 0 saturated carbocycles. The highest BCUT2D eigenvalue weighted by Crippen LogP contribution is 2.38. The van der Waals surface area contributed by atoms with Crippen LogP contribution in [-0.4, -0.2) is 53.5 Å². The molecule has 1 fully saturated rings. The zero-order valence-corrected chi connectivity index (χ0v) is 20.0. The normalized spacial score (nSPS) is 18.6. The summed E-state index contributed by atoms with van der Waals surface area (Å²) in [6.07, 6.45) is -9.90. The second-order valence-electron chi connectivity index (χ2n) is 9.11. The number of carbonyl (C=O) groups is 2. The molecular formula is C25H25F7N2O3. The molecule has 202 valence electrons. The van der Waals surface area contributed by atoms with Crippen molar-refractivity contribution in [2.24, 2.45) is 5.92 Å². The van der Waals surface area contributed by atoms with E-state index in [-0.39, 0.29) is 31.1 Å². The molecule has 0 spiro atoms. The van der Waals surface area contributed by atoms with Gasteiger partial charge in [-0.2, -0.15) is 26.3 Å². The predicted octanol–water partition coefficient (Wildman–Crippen LogP) is 4.75. The number of benzene rings is 2. The first-order valence-corrected chi connectivity index (χ1v) is 11.3. The molecular weight excluding hydrogens is 509 g/mol. The maximum absolute atomic E-state index is 13.7. The van der Waals surface area contributed by atoms with E-state index in [1.54, 1.807) is 6.92 Å². The van der Waals surface area contributed by atoms with Crippen molar-refractivity contribution in [2.75, 3.05) is 26.7 Å². The molecule has 1 saturated heterocycles. The molecule has 0 aromatic heterocycles.